The Balaban J connectivity index is 1.38. The predicted octanol–water partition coefficient (Wildman–Crippen LogP) is 2.98. The molecule has 152 valence electrons. The number of nitrogens with zero attached hydrogens (tertiary/aromatic N) is 3. The molecule has 1 aliphatic rings. The van der Waals surface area contributed by atoms with E-state index in [4.69, 9.17) is 9.26 Å². The summed E-state index contributed by atoms with van der Waals surface area (Å²) in [6.07, 6.45) is 3.97. The highest BCUT2D eigenvalue weighted by atomic mass is 16.5. The van der Waals surface area contributed by atoms with Crippen molar-refractivity contribution in [3.8, 4) is 0 Å². The lowest BCUT2D eigenvalue weighted by molar-refractivity contribution is 0.0900. The summed E-state index contributed by atoms with van der Waals surface area (Å²) in [7, 11) is 1.60. The highest BCUT2D eigenvalue weighted by Crippen LogP contribution is 2.28. The van der Waals surface area contributed by atoms with E-state index in [1.54, 1.807) is 13.2 Å². The van der Waals surface area contributed by atoms with Crippen LogP contribution in [0.2, 0.25) is 0 Å². The molecule has 1 atom stereocenters. The van der Waals surface area contributed by atoms with Crippen LogP contribution in [0.15, 0.2) is 47.1 Å². The molecule has 0 bridgehead atoms. The first-order chi connectivity index (χ1) is 14.2. The Morgan fingerprint density at radius 3 is 3.17 bits per heavy atom. The molecule has 1 fully saturated rings. The molecule has 0 saturated carbocycles. The minimum Gasteiger partial charge on any atom is -0.383 e. The van der Waals surface area contributed by atoms with Crippen LogP contribution in [-0.2, 0) is 11.3 Å². The van der Waals surface area contributed by atoms with Gasteiger partial charge >= 0.3 is 0 Å². The fourth-order valence-corrected chi connectivity index (χ4v) is 3.86. The number of piperidine rings is 1. The third-order valence-corrected chi connectivity index (χ3v) is 5.34. The molecule has 7 nitrogen and oxygen atoms in total. The van der Waals surface area contributed by atoms with Crippen molar-refractivity contribution < 1.29 is 14.1 Å². The van der Waals surface area contributed by atoms with E-state index in [9.17, 15) is 4.79 Å². The van der Waals surface area contributed by atoms with E-state index in [2.05, 4.69) is 44.6 Å². The van der Waals surface area contributed by atoms with Gasteiger partial charge in [0.1, 0.15) is 0 Å². The number of fused-ring (bicyclic) bond motifs is 1. The van der Waals surface area contributed by atoms with Crippen LogP contribution in [0.5, 0.6) is 0 Å². The largest absolute Gasteiger partial charge is 0.383 e. The van der Waals surface area contributed by atoms with Crippen molar-refractivity contribution in [2.24, 2.45) is 0 Å². The van der Waals surface area contributed by atoms with Crippen LogP contribution < -0.4 is 5.32 Å². The number of hydrogen-bond donors (Lipinski definition) is 1. The van der Waals surface area contributed by atoms with Crippen LogP contribution in [0.25, 0.3) is 10.9 Å². The second-order valence-electron chi connectivity index (χ2n) is 7.47. The molecule has 1 N–H and O–H groups in total. The summed E-state index contributed by atoms with van der Waals surface area (Å²) < 4.78 is 10.2. The van der Waals surface area contributed by atoms with E-state index in [1.807, 2.05) is 12.3 Å². The van der Waals surface area contributed by atoms with Crippen LogP contribution >= 0.6 is 0 Å². The van der Waals surface area contributed by atoms with Crippen molar-refractivity contribution in [2.75, 3.05) is 33.4 Å². The first-order valence-electron chi connectivity index (χ1n) is 10.0. The Hall–Kier alpha value is -2.77. The molecule has 2 aromatic heterocycles. The molecule has 1 aromatic carbocycles. The average molecular weight is 394 g/mol. The number of rotatable bonds is 7. The van der Waals surface area contributed by atoms with Gasteiger partial charge in [-0.15, -0.1) is 0 Å². The maximum atomic E-state index is 12.1. The zero-order chi connectivity index (χ0) is 20.1. The molecule has 1 aliphatic heterocycles. The SMILES string of the molecule is COCCNC(=O)c1cc(C2CCCN(Cc3ccc4ncccc4c3)C2)no1. The monoisotopic (exact) mass is 394 g/mol. The third-order valence-electron chi connectivity index (χ3n) is 5.34. The van der Waals surface area contributed by atoms with E-state index in [-0.39, 0.29) is 17.6 Å². The van der Waals surface area contributed by atoms with Crippen LogP contribution in [0, 0.1) is 0 Å². The van der Waals surface area contributed by atoms with Gasteiger partial charge in [-0.2, -0.15) is 0 Å². The Morgan fingerprint density at radius 1 is 1.34 bits per heavy atom. The van der Waals surface area contributed by atoms with Gasteiger partial charge in [0.15, 0.2) is 0 Å². The topological polar surface area (TPSA) is 80.5 Å². The van der Waals surface area contributed by atoms with Gasteiger partial charge in [0, 0.05) is 50.3 Å². The summed E-state index contributed by atoms with van der Waals surface area (Å²) in [5.74, 6) is 0.281. The van der Waals surface area contributed by atoms with Gasteiger partial charge in [-0.25, -0.2) is 0 Å². The van der Waals surface area contributed by atoms with Gasteiger partial charge in [0.25, 0.3) is 5.91 Å². The molecule has 3 aromatic rings. The molecule has 7 heteroatoms. The van der Waals surface area contributed by atoms with Gasteiger partial charge in [-0.1, -0.05) is 17.3 Å². The number of benzene rings is 1. The highest BCUT2D eigenvalue weighted by Gasteiger charge is 2.25. The number of pyridine rings is 1. The standard InChI is InChI=1S/C22H26N4O3/c1-28-11-9-24-22(27)21-13-20(25-29-21)18-5-3-10-26(15-18)14-16-6-7-19-17(12-16)4-2-8-23-19/h2,4,6-8,12-13,18H,3,5,9-11,14-15H2,1H3,(H,24,27). The van der Waals surface area contributed by atoms with Gasteiger partial charge in [-0.3, -0.25) is 14.7 Å². The summed E-state index contributed by atoms with van der Waals surface area (Å²) in [4.78, 5) is 18.9. The number of carbonyl (C=O) groups excluding carboxylic acids is 1. The lowest BCUT2D eigenvalue weighted by Gasteiger charge is -2.31. The van der Waals surface area contributed by atoms with Crippen molar-refractivity contribution in [1.29, 1.82) is 0 Å². The summed E-state index contributed by atoms with van der Waals surface area (Å²) in [5.41, 5.74) is 3.16. The number of carbonyl (C=O) groups is 1. The zero-order valence-corrected chi connectivity index (χ0v) is 16.6. The van der Waals surface area contributed by atoms with Gasteiger partial charge in [0.2, 0.25) is 5.76 Å². The lowest BCUT2D eigenvalue weighted by Crippen LogP contribution is -2.34. The van der Waals surface area contributed by atoms with Gasteiger partial charge < -0.3 is 14.6 Å². The fraction of sp³-hybridized carbons (Fsp3) is 0.409. The number of aromatic nitrogens is 2. The van der Waals surface area contributed by atoms with Crippen LogP contribution in [-0.4, -0.2) is 54.3 Å². The van der Waals surface area contributed by atoms with Gasteiger partial charge in [-0.05, 0) is 43.1 Å². The molecule has 4 rings (SSSR count). The molecule has 0 radical (unpaired) electrons. The van der Waals surface area contributed by atoms with E-state index < -0.39 is 0 Å². The molecular weight excluding hydrogens is 368 g/mol. The molecular formula is C22H26N4O3. The summed E-state index contributed by atoms with van der Waals surface area (Å²) >= 11 is 0. The quantitative estimate of drug-likeness (QED) is 0.621. The Labute approximate surface area is 170 Å². The number of methoxy groups -OCH3 is 1. The zero-order valence-electron chi connectivity index (χ0n) is 16.6. The van der Waals surface area contributed by atoms with Crippen molar-refractivity contribution in [1.82, 2.24) is 20.4 Å². The maximum Gasteiger partial charge on any atom is 0.289 e. The normalized spacial score (nSPS) is 17.5. The first-order valence-corrected chi connectivity index (χ1v) is 10.0. The fourth-order valence-electron chi connectivity index (χ4n) is 3.86. The van der Waals surface area contributed by atoms with E-state index in [0.717, 1.165) is 43.7 Å². The molecule has 1 unspecified atom stereocenters. The number of ether oxygens (including phenoxy) is 1. The van der Waals surface area contributed by atoms with E-state index in [1.165, 1.54) is 10.9 Å². The van der Waals surface area contributed by atoms with Crippen molar-refractivity contribution in [2.45, 2.75) is 25.3 Å². The van der Waals surface area contributed by atoms with E-state index in [0.29, 0.717) is 13.2 Å². The molecule has 1 amide bonds. The summed E-state index contributed by atoms with van der Waals surface area (Å²) in [5, 5.41) is 8.09. The van der Waals surface area contributed by atoms with Gasteiger partial charge in [0.05, 0.1) is 17.8 Å². The molecule has 0 aliphatic carbocycles. The average Bonchev–Trinajstić information content (AvgIpc) is 3.24. The number of amides is 1. The molecule has 3 heterocycles. The molecule has 29 heavy (non-hydrogen) atoms. The number of nitrogens with one attached hydrogen (secondary N) is 1. The smallest absolute Gasteiger partial charge is 0.289 e. The third kappa shape index (κ3) is 4.81. The van der Waals surface area contributed by atoms with Crippen molar-refractivity contribution >= 4 is 16.8 Å². The van der Waals surface area contributed by atoms with Crippen LogP contribution in [0.1, 0.15) is 40.6 Å². The first kappa shape index (κ1) is 19.5. The minimum atomic E-state index is -0.252. The van der Waals surface area contributed by atoms with Crippen molar-refractivity contribution in [3.63, 3.8) is 0 Å². The summed E-state index contributed by atoms with van der Waals surface area (Å²) in [6, 6.07) is 12.3. The van der Waals surface area contributed by atoms with Crippen molar-refractivity contribution in [3.05, 3.63) is 59.6 Å². The van der Waals surface area contributed by atoms with E-state index >= 15 is 0 Å². The molecule has 0 spiro atoms. The number of hydrogen-bond acceptors (Lipinski definition) is 6. The Morgan fingerprint density at radius 2 is 2.28 bits per heavy atom. The number of likely N-dealkylation sites (tertiary alicyclic amines) is 1. The summed E-state index contributed by atoms with van der Waals surface area (Å²) in [6.45, 7) is 3.77. The molecule has 1 saturated heterocycles. The second-order valence-corrected chi connectivity index (χ2v) is 7.47. The Kier molecular flexibility index (Phi) is 6.17. The Bertz CT molecular complexity index is 971. The van der Waals surface area contributed by atoms with Crippen LogP contribution in [0.4, 0.5) is 0 Å². The van der Waals surface area contributed by atoms with Crippen LogP contribution in [0.3, 0.4) is 0 Å². The predicted molar refractivity (Wildman–Crippen MR) is 110 cm³/mol. The highest BCUT2D eigenvalue weighted by molar-refractivity contribution is 5.91. The second kappa shape index (κ2) is 9.15. The minimum absolute atomic E-state index is 0.252. The lowest BCUT2D eigenvalue weighted by atomic mass is 9.94. The maximum absolute atomic E-state index is 12.1.